The van der Waals surface area contributed by atoms with Crippen LogP contribution in [0.3, 0.4) is 0 Å². The van der Waals surface area contributed by atoms with Gasteiger partial charge in [-0.25, -0.2) is 8.42 Å². The van der Waals surface area contributed by atoms with Gasteiger partial charge in [-0.05, 0) is 49.1 Å². The number of hydrogen-bond donors (Lipinski definition) is 1. The summed E-state index contributed by atoms with van der Waals surface area (Å²) in [5.41, 5.74) is 1.07. The molecule has 1 aromatic heterocycles. The first-order valence-electron chi connectivity index (χ1n) is 6.91. The molecule has 0 atom stereocenters. The zero-order valence-corrected chi connectivity index (χ0v) is 13.5. The molecule has 0 unspecified atom stereocenters. The molecule has 2 heterocycles. The van der Waals surface area contributed by atoms with Crippen molar-refractivity contribution < 1.29 is 8.42 Å². The minimum atomic E-state index is -3.82. The number of nitrogens with one attached hydrogen (secondary N) is 1. The summed E-state index contributed by atoms with van der Waals surface area (Å²) in [5.74, 6) is 0. The number of hydrogen-bond acceptors (Lipinski definition) is 3. The maximum absolute atomic E-state index is 13.0. The standard InChI is InChI=1S/C15H15ClN2O3S/c1-10-12(16)5-2-6-13(10)22(20,21)18-9-3-4-11-7-8-17-15(19)14(11)18/h2,5-8H,3-4,9H2,1H3,(H,17,19). The minimum Gasteiger partial charge on any atom is -0.327 e. The maximum atomic E-state index is 13.0. The molecule has 5 nitrogen and oxygen atoms in total. The Balaban J connectivity index is 2.21. The van der Waals surface area contributed by atoms with Crippen LogP contribution >= 0.6 is 11.6 Å². The lowest BCUT2D eigenvalue weighted by Gasteiger charge is -2.29. The molecule has 2 aromatic rings. The van der Waals surface area contributed by atoms with E-state index in [1.165, 1.54) is 10.4 Å². The lowest BCUT2D eigenvalue weighted by atomic mass is 10.1. The number of nitrogens with zero attached hydrogens (tertiary/aromatic N) is 1. The SMILES string of the molecule is Cc1c(Cl)cccc1S(=O)(=O)N1CCCc2cc[nH]c(=O)c21. The first-order valence-corrected chi connectivity index (χ1v) is 8.73. The van der Waals surface area contributed by atoms with Gasteiger partial charge in [-0.1, -0.05) is 17.7 Å². The van der Waals surface area contributed by atoms with E-state index in [2.05, 4.69) is 4.98 Å². The Morgan fingerprint density at radius 3 is 2.82 bits per heavy atom. The second-order valence-electron chi connectivity index (χ2n) is 5.22. The van der Waals surface area contributed by atoms with Gasteiger partial charge in [-0.15, -0.1) is 0 Å². The number of fused-ring (bicyclic) bond motifs is 1. The van der Waals surface area contributed by atoms with E-state index in [1.54, 1.807) is 31.3 Å². The number of aryl methyl sites for hydroxylation is 1. The fourth-order valence-electron chi connectivity index (χ4n) is 2.74. The van der Waals surface area contributed by atoms with Crippen LogP contribution in [0.4, 0.5) is 5.69 Å². The fraction of sp³-hybridized carbons (Fsp3) is 0.267. The van der Waals surface area contributed by atoms with Gasteiger partial charge in [0, 0.05) is 17.8 Å². The molecule has 0 amide bonds. The van der Waals surface area contributed by atoms with Gasteiger partial charge in [0.25, 0.3) is 15.6 Å². The average molecular weight is 339 g/mol. The Morgan fingerprint density at radius 1 is 1.27 bits per heavy atom. The van der Waals surface area contributed by atoms with Crippen molar-refractivity contribution in [3.8, 4) is 0 Å². The van der Waals surface area contributed by atoms with E-state index >= 15 is 0 Å². The van der Waals surface area contributed by atoms with Crippen molar-refractivity contribution in [1.29, 1.82) is 0 Å². The van der Waals surface area contributed by atoms with Gasteiger partial charge in [0.05, 0.1) is 4.90 Å². The molecule has 3 rings (SSSR count). The highest BCUT2D eigenvalue weighted by Crippen LogP contribution is 2.31. The number of aromatic nitrogens is 1. The molecule has 1 aliphatic rings. The van der Waals surface area contributed by atoms with Crippen molar-refractivity contribution in [3.63, 3.8) is 0 Å². The number of aromatic amines is 1. The number of pyridine rings is 1. The Bertz CT molecular complexity index is 890. The first-order chi connectivity index (χ1) is 10.4. The predicted molar refractivity (Wildman–Crippen MR) is 86.1 cm³/mol. The number of H-pyrrole nitrogens is 1. The summed E-state index contributed by atoms with van der Waals surface area (Å²) in [6.07, 6.45) is 2.91. The summed E-state index contributed by atoms with van der Waals surface area (Å²) in [7, 11) is -3.82. The molecule has 7 heteroatoms. The van der Waals surface area contributed by atoms with E-state index in [4.69, 9.17) is 11.6 Å². The zero-order valence-electron chi connectivity index (χ0n) is 12.0. The molecule has 1 aliphatic heterocycles. The van der Waals surface area contributed by atoms with Crippen molar-refractivity contribution in [2.75, 3.05) is 10.8 Å². The van der Waals surface area contributed by atoms with Crippen LogP contribution in [0.25, 0.3) is 0 Å². The quantitative estimate of drug-likeness (QED) is 0.914. The van der Waals surface area contributed by atoms with E-state index in [-0.39, 0.29) is 22.7 Å². The molecule has 22 heavy (non-hydrogen) atoms. The Kier molecular flexibility index (Phi) is 3.74. The van der Waals surface area contributed by atoms with E-state index in [0.29, 0.717) is 23.4 Å². The minimum absolute atomic E-state index is 0.135. The highest BCUT2D eigenvalue weighted by molar-refractivity contribution is 7.92. The second-order valence-corrected chi connectivity index (χ2v) is 7.46. The second kappa shape index (κ2) is 5.44. The van der Waals surface area contributed by atoms with E-state index in [9.17, 15) is 13.2 Å². The number of halogens is 1. The highest BCUT2D eigenvalue weighted by Gasteiger charge is 2.32. The summed E-state index contributed by atoms with van der Waals surface area (Å²) in [4.78, 5) is 14.8. The summed E-state index contributed by atoms with van der Waals surface area (Å²) >= 11 is 6.04. The van der Waals surface area contributed by atoms with Crippen molar-refractivity contribution in [2.45, 2.75) is 24.7 Å². The van der Waals surface area contributed by atoms with Crippen LogP contribution in [0, 0.1) is 6.92 Å². The van der Waals surface area contributed by atoms with Crippen LogP contribution in [0.15, 0.2) is 40.2 Å². The van der Waals surface area contributed by atoms with E-state index < -0.39 is 10.0 Å². The average Bonchev–Trinajstić information content (AvgIpc) is 2.49. The Hall–Kier alpha value is -1.79. The van der Waals surface area contributed by atoms with Crippen LogP contribution in [0.5, 0.6) is 0 Å². The molecule has 0 fully saturated rings. The van der Waals surface area contributed by atoms with Crippen molar-refractivity contribution >= 4 is 27.3 Å². The molecule has 0 radical (unpaired) electrons. The summed E-state index contributed by atoms with van der Waals surface area (Å²) in [5, 5.41) is 0.389. The van der Waals surface area contributed by atoms with Gasteiger partial charge in [-0.3, -0.25) is 9.10 Å². The normalized spacial score (nSPS) is 14.7. The first kappa shape index (κ1) is 15.1. The van der Waals surface area contributed by atoms with Gasteiger partial charge >= 0.3 is 0 Å². The third-order valence-corrected chi connectivity index (χ3v) is 6.21. The van der Waals surface area contributed by atoms with E-state index in [0.717, 1.165) is 5.56 Å². The molecular formula is C15H15ClN2O3S. The van der Waals surface area contributed by atoms with Crippen molar-refractivity contribution in [1.82, 2.24) is 4.98 Å². The van der Waals surface area contributed by atoms with Crippen LogP contribution in [-0.2, 0) is 16.4 Å². The largest absolute Gasteiger partial charge is 0.327 e. The number of anilines is 1. The van der Waals surface area contributed by atoms with Crippen LogP contribution < -0.4 is 9.86 Å². The molecule has 1 N–H and O–H groups in total. The molecule has 116 valence electrons. The molecule has 0 saturated heterocycles. The predicted octanol–water partition coefficient (Wildman–Crippen LogP) is 2.48. The maximum Gasteiger partial charge on any atom is 0.272 e. The summed E-state index contributed by atoms with van der Waals surface area (Å²) < 4.78 is 27.2. The smallest absolute Gasteiger partial charge is 0.272 e. The topological polar surface area (TPSA) is 70.2 Å². The molecule has 0 saturated carbocycles. The number of sulfonamides is 1. The molecular weight excluding hydrogens is 324 g/mol. The van der Waals surface area contributed by atoms with Crippen LogP contribution in [0.1, 0.15) is 17.5 Å². The molecule has 0 spiro atoms. The fourth-order valence-corrected chi connectivity index (χ4v) is 4.76. The van der Waals surface area contributed by atoms with Crippen LogP contribution in [0.2, 0.25) is 5.02 Å². The van der Waals surface area contributed by atoms with Gasteiger partial charge in [0.2, 0.25) is 0 Å². The van der Waals surface area contributed by atoms with Gasteiger partial charge < -0.3 is 4.98 Å². The zero-order chi connectivity index (χ0) is 15.9. The third kappa shape index (κ3) is 2.32. The number of rotatable bonds is 2. The number of benzene rings is 1. The van der Waals surface area contributed by atoms with Crippen LogP contribution in [-0.4, -0.2) is 19.9 Å². The van der Waals surface area contributed by atoms with Crippen molar-refractivity contribution in [3.05, 3.63) is 57.0 Å². The monoisotopic (exact) mass is 338 g/mol. The van der Waals surface area contributed by atoms with Crippen molar-refractivity contribution in [2.24, 2.45) is 0 Å². The summed E-state index contributed by atoms with van der Waals surface area (Å²) in [6.45, 7) is 1.95. The highest BCUT2D eigenvalue weighted by atomic mass is 35.5. The lowest BCUT2D eigenvalue weighted by Crippen LogP contribution is -2.39. The van der Waals surface area contributed by atoms with Gasteiger partial charge in [-0.2, -0.15) is 0 Å². The molecule has 0 aliphatic carbocycles. The van der Waals surface area contributed by atoms with Gasteiger partial charge in [0.1, 0.15) is 5.69 Å². The third-order valence-electron chi connectivity index (χ3n) is 3.86. The molecule has 0 bridgehead atoms. The summed E-state index contributed by atoms with van der Waals surface area (Å²) in [6, 6.07) is 6.51. The Labute approximate surface area is 133 Å². The molecule has 1 aromatic carbocycles. The Morgan fingerprint density at radius 2 is 2.05 bits per heavy atom. The van der Waals surface area contributed by atoms with E-state index in [1.807, 2.05) is 0 Å². The van der Waals surface area contributed by atoms with Gasteiger partial charge in [0.15, 0.2) is 0 Å². The lowest BCUT2D eigenvalue weighted by molar-refractivity contribution is 0.585.